The molecule has 40 heavy (non-hydrogen) atoms. The van der Waals surface area contributed by atoms with Gasteiger partial charge in [0.1, 0.15) is 17.9 Å². The number of likely N-dealkylation sites (N-methyl/N-ethyl adjacent to an activating group) is 1. The number of ether oxygens (including phenoxy) is 1. The van der Waals surface area contributed by atoms with Gasteiger partial charge in [-0.2, -0.15) is 0 Å². The Morgan fingerprint density at radius 2 is 1.82 bits per heavy atom. The normalized spacial score (nSPS) is 25.3. The maximum Gasteiger partial charge on any atom is 0.158 e. The summed E-state index contributed by atoms with van der Waals surface area (Å²) in [6, 6.07) is 21.3. The number of piperazine rings is 1. The van der Waals surface area contributed by atoms with Crippen LogP contribution in [-0.2, 0) is 4.84 Å². The van der Waals surface area contributed by atoms with E-state index in [1.165, 1.54) is 43.7 Å². The van der Waals surface area contributed by atoms with Crippen molar-refractivity contribution in [2.45, 2.75) is 50.4 Å². The van der Waals surface area contributed by atoms with Crippen molar-refractivity contribution in [3.05, 3.63) is 66.5 Å². The van der Waals surface area contributed by atoms with Gasteiger partial charge in [-0.3, -0.25) is 14.6 Å². The van der Waals surface area contributed by atoms with Crippen LogP contribution in [-0.4, -0.2) is 84.3 Å². The van der Waals surface area contributed by atoms with Gasteiger partial charge in [-0.05, 0) is 37.1 Å². The Hall–Kier alpha value is -3.40. The molecule has 0 bridgehead atoms. The lowest BCUT2D eigenvalue weighted by Crippen LogP contribution is -2.80. The molecule has 0 spiro atoms. The number of rotatable bonds is 8. The summed E-state index contributed by atoms with van der Waals surface area (Å²) < 4.78 is 5.81. The van der Waals surface area contributed by atoms with Crippen LogP contribution in [0, 0.1) is 0 Å². The van der Waals surface area contributed by atoms with E-state index in [1.807, 2.05) is 17.2 Å². The average Bonchev–Trinajstić information content (AvgIpc) is 3.49. The summed E-state index contributed by atoms with van der Waals surface area (Å²) in [6.45, 7) is 8.83. The number of nitrogens with zero attached hydrogens (tertiary/aromatic N) is 6. The first-order chi connectivity index (χ1) is 19.7. The van der Waals surface area contributed by atoms with Gasteiger partial charge in [-0.1, -0.05) is 37.3 Å². The lowest BCUT2D eigenvalue weighted by molar-refractivity contribution is -0.143. The fourth-order valence-corrected chi connectivity index (χ4v) is 6.95. The minimum atomic E-state index is 0.129. The van der Waals surface area contributed by atoms with Crippen LogP contribution in [0.5, 0.6) is 5.75 Å². The average molecular weight is 542 g/mol. The first-order valence-corrected chi connectivity index (χ1v) is 14.7. The number of methoxy groups -OCH3 is 1. The number of likely N-dealkylation sites (tertiary alicyclic amines) is 2. The fraction of sp³-hybridized carbons (Fsp3) is 0.484. The molecule has 3 aromatic rings. The minimum Gasteiger partial charge on any atom is -0.494 e. The number of hydrogen-bond donors (Lipinski definition) is 1. The quantitative estimate of drug-likeness (QED) is 0.445. The summed E-state index contributed by atoms with van der Waals surface area (Å²) in [7, 11) is 1.73. The largest absolute Gasteiger partial charge is 0.494 e. The molecule has 2 aromatic carbocycles. The Balaban J connectivity index is 1.00. The number of benzene rings is 2. The highest BCUT2D eigenvalue weighted by Crippen LogP contribution is 2.39. The van der Waals surface area contributed by atoms with Crippen LogP contribution in [0.1, 0.15) is 37.8 Å². The van der Waals surface area contributed by atoms with Crippen LogP contribution in [0.4, 0.5) is 23.0 Å². The number of piperidine rings is 1. The van der Waals surface area contributed by atoms with Gasteiger partial charge in [0, 0.05) is 68.5 Å². The molecule has 9 heteroatoms. The van der Waals surface area contributed by atoms with E-state index in [0.29, 0.717) is 12.4 Å². The lowest BCUT2D eigenvalue weighted by atomic mass is 9.82. The zero-order valence-electron chi connectivity index (χ0n) is 23.4. The summed E-state index contributed by atoms with van der Waals surface area (Å²) in [5, 5.41) is 5.35. The van der Waals surface area contributed by atoms with E-state index in [2.05, 4.69) is 79.4 Å². The highest BCUT2D eigenvalue weighted by molar-refractivity contribution is 5.70. The summed E-state index contributed by atoms with van der Waals surface area (Å²) in [5.41, 5.74) is 3.31. The molecule has 3 atom stereocenters. The molecule has 1 aromatic heterocycles. The second-order valence-electron chi connectivity index (χ2n) is 11.3. The summed E-state index contributed by atoms with van der Waals surface area (Å²) in [5.74, 6) is 2.24. The van der Waals surface area contributed by atoms with Crippen molar-refractivity contribution in [3.63, 3.8) is 0 Å². The molecule has 0 saturated carbocycles. The number of fused-ring (bicyclic) bond motifs is 1. The summed E-state index contributed by atoms with van der Waals surface area (Å²) in [6.07, 6.45) is 4.95. The van der Waals surface area contributed by atoms with Crippen molar-refractivity contribution in [1.82, 2.24) is 19.8 Å². The van der Waals surface area contributed by atoms with E-state index in [9.17, 15) is 0 Å². The van der Waals surface area contributed by atoms with Crippen molar-refractivity contribution in [2.24, 2.45) is 0 Å². The third-order valence-corrected chi connectivity index (χ3v) is 9.28. The van der Waals surface area contributed by atoms with Crippen LogP contribution < -0.4 is 20.0 Å². The first-order valence-electron chi connectivity index (χ1n) is 14.7. The highest BCUT2D eigenvalue weighted by Gasteiger charge is 2.52. The zero-order chi connectivity index (χ0) is 27.1. The molecular weight excluding hydrogens is 502 g/mol. The second-order valence-corrected chi connectivity index (χ2v) is 11.3. The molecule has 4 aliphatic heterocycles. The first kappa shape index (κ1) is 25.6. The SMILES string of the molecule is CCN1CC2C1CN2C1CCN(c2ccc(Nc3cc(N4OCC[C@@H]4c4ccccc4)ncn3)c(OC)c2)CC1. The molecule has 0 amide bonds. The molecule has 0 aliphatic carbocycles. The zero-order valence-corrected chi connectivity index (χ0v) is 23.4. The third-order valence-electron chi connectivity index (χ3n) is 9.28. The molecular formula is C31H39N7O2. The number of aromatic nitrogens is 2. The second kappa shape index (κ2) is 10.9. The van der Waals surface area contributed by atoms with Crippen molar-refractivity contribution in [3.8, 4) is 5.75 Å². The van der Waals surface area contributed by atoms with E-state index < -0.39 is 0 Å². The van der Waals surface area contributed by atoms with E-state index in [4.69, 9.17) is 9.57 Å². The van der Waals surface area contributed by atoms with Crippen molar-refractivity contribution in [2.75, 3.05) is 61.7 Å². The molecule has 210 valence electrons. The van der Waals surface area contributed by atoms with Crippen molar-refractivity contribution >= 4 is 23.0 Å². The van der Waals surface area contributed by atoms with E-state index in [1.54, 1.807) is 13.4 Å². The molecule has 4 aliphatic rings. The predicted molar refractivity (Wildman–Crippen MR) is 157 cm³/mol. The van der Waals surface area contributed by atoms with Crippen LogP contribution >= 0.6 is 0 Å². The topological polar surface area (TPSA) is 69.2 Å². The summed E-state index contributed by atoms with van der Waals surface area (Å²) in [4.78, 5) is 22.8. The van der Waals surface area contributed by atoms with Crippen molar-refractivity contribution < 1.29 is 9.57 Å². The van der Waals surface area contributed by atoms with Gasteiger partial charge < -0.3 is 15.0 Å². The predicted octanol–water partition coefficient (Wildman–Crippen LogP) is 4.47. The molecule has 4 saturated heterocycles. The Morgan fingerprint density at radius 3 is 2.58 bits per heavy atom. The van der Waals surface area contributed by atoms with Gasteiger partial charge in [0.2, 0.25) is 0 Å². The maximum absolute atomic E-state index is 5.98. The Kier molecular flexibility index (Phi) is 6.95. The number of hydroxylamine groups is 1. The monoisotopic (exact) mass is 541 g/mol. The third kappa shape index (κ3) is 4.66. The Labute approximate surface area is 236 Å². The molecule has 7 rings (SSSR count). The van der Waals surface area contributed by atoms with Crippen LogP contribution in [0.2, 0.25) is 0 Å². The smallest absolute Gasteiger partial charge is 0.158 e. The highest BCUT2D eigenvalue weighted by atomic mass is 16.7. The van der Waals surface area contributed by atoms with Crippen LogP contribution in [0.3, 0.4) is 0 Å². The van der Waals surface area contributed by atoms with Gasteiger partial charge in [-0.15, -0.1) is 0 Å². The van der Waals surface area contributed by atoms with Gasteiger partial charge in [0.05, 0.1) is 25.4 Å². The van der Waals surface area contributed by atoms with Gasteiger partial charge in [0.25, 0.3) is 0 Å². The van der Waals surface area contributed by atoms with Crippen LogP contribution in [0.25, 0.3) is 0 Å². The molecule has 1 N–H and O–H groups in total. The van der Waals surface area contributed by atoms with E-state index >= 15 is 0 Å². The molecule has 5 heterocycles. The van der Waals surface area contributed by atoms with E-state index in [0.717, 1.165) is 54.9 Å². The molecule has 0 radical (unpaired) electrons. The van der Waals surface area contributed by atoms with Crippen LogP contribution in [0.15, 0.2) is 60.9 Å². The number of anilines is 4. The Morgan fingerprint density at radius 1 is 0.975 bits per heavy atom. The van der Waals surface area contributed by atoms with Gasteiger partial charge >= 0.3 is 0 Å². The standard InChI is InChI=1S/C31H39N7O2/c1-3-35-19-28-27(35)20-37(28)23-11-14-36(15-12-23)24-9-10-25(29(17-24)39-2)34-30-18-31(33-21-32-30)38-26(13-16-40-38)22-7-5-4-6-8-22/h4-10,17-18,21,23,26-28H,3,11-16,19-20H2,1-2H3,(H,32,33,34)/t26-,27?,28?/m1/s1. The Bertz CT molecular complexity index is 1320. The van der Waals surface area contributed by atoms with Gasteiger partial charge in [-0.25, -0.2) is 15.0 Å². The molecule has 4 fully saturated rings. The molecule has 9 nitrogen and oxygen atoms in total. The lowest BCUT2D eigenvalue weighted by Gasteiger charge is -2.64. The fourth-order valence-electron chi connectivity index (χ4n) is 6.95. The summed E-state index contributed by atoms with van der Waals surface area (Å²) >= 11 is 0. The maximum atomic E-state index is 5.98. The minimum absolute atomic E-state index is 0.129. The molecule has 2 unspecified atom stereocenters. The van der Waals surface area contributed by atoms with Gasteiger partial charge in [0.15, 0.2) is 5.82 Å². The number of hydrogen-bond acceptors (Lipinski definition) is 9. The number of nitrogens with one attached hydrogen (secondary N) is 1. The van der Waals surface area contributed by atoms with E-state index in [-0.39, 0.29) is 6.04 Å². The van der Waals surface area contributed by atoms with Crippen molar-refractivity contribution in [1.29, 1.82) is 0 Å².